The van der Waals surface area contributed by atoms with Crippen LogP contribution in [0.4, 0.5) is 0 Å². The van der Waals surface area contributed by atoms with Crippen molar-refractivity contribution >= 4 is 6.21 Å². The standard InChI is InChI=1S/C14H17N/c1-2-9-13-11(5-1)6-3-7-12-8-4-10-15-14(12)13/h1-2,8-11,14H,3-7H2. The lowest BCUT2D eigenvalue weighted by Gasteiger charge is -2.25. The lowest BCUT2D eigenvalue weighted by molar-refractivity contribution is 0.545. The predicted octanol–water partition coefficient (Wildman–Crippen LogP) is 3.44. The Morgan fingerprint density at radius 2 is 2.33 bits per heavy atom. The molecule has 0 aromatic rings. The van der Waals surface area contributed by atoms with E-state index in [1.165, 1.54) is 25.7 Å². The van der Waals surface area contributed by atoms with E-state index in [0.29, 0.717) is 6.04 Å². The molecule has 1 heteroatoms. The zero-order chi connectivity index (χ0) is 10.1. The number of rotatable bonds is 0. The SMILES string of the molecule is C1=CCC2CCCC3=CCC=NC3C2=C1. The molecule has 1 nitrogen and oxygen atoms in total. The van der Waals surface area contributed by atoms with Crippen LogP contribution >= 0.6 is 0 Å². The molecule has 1 heterocycles. The number of hydrogen-bond acceptors (Lipinski definition) is 1. The van der Waals surface area contributed by atoms with Crippen molar-refractivity contribution in [3.05, 3.63) is 35.5 Å². The van der Waals surface area contributed by atoms with Crippen LogP contribution in [0.15, 0.2) is 40.4 Å². The van der Waals surface area contributed by atoms with E-state index in [9.17, 15) is 0 Å². The average molecular weight is 199 g/mol. The normalized spacial score (nSPS) is 33.6. The lowest BCUT2D eigenvalue weighted by atomic mass is 9.84. The fourth-order valence-electron chi connectivity index (χ4n) is 2.96. The Hall–Kier alpha value is -1.11. The maximum absolute atomic E-state index is 4.70. The third-order valence-electron chi connectivity index (χ3n) is 3.74. The molecule has 0 aromatic heterocycles. The van der Waals surface area contributed by atoms with Crippen molar-refractivity contribution in [2.75, 3.05) is 0 Å². The van der Waals surface area contributed by atoms with Crippen molar-refractivity contribution in [1.82, 2.24) is 0 Å². The number of dihydropyridines is 1. The Morgan fingerprint density at radius 3 is 3.33 bits per heavy atom. The minimum Gasteiger partial charge on any atom is -0.285 e. The molecule has 3 aliphatic rings. The van der Waals surface area contributed by atoms with E-state index in [0.717, 1.165) is 12.3 Å². The first-order valence-corrected chi connectivity index (χ1v) is 6.02. The van der Waals surface area contributed by atoms with Crippen LogP contribution in [0, 0.1) is 5.92 Å². The molecule has 0 bridgehead atoms. The smallest absolute Gasteiger partial charge is 0.0921 e. The van der Waals surface area contributed by atoms with Crippen molar-refractivity contribution in [2.45, 2.75) is 38.1 Å². The van der Waals surface area contributed by atoms with Gasteiger partial charge in [0.25, 0.3) is 0 Å². The van der Waals surface area contributed by atoms with Crippen molar-refractivity contribution in [3.8, 4) is 0 Å². The predicted molar refractivity (Wildman–Crippen MR) is 64.2 cm³/mol. The number of aliphatic imine (C=N–C) groups is 1. The quantitative estimate of drug-likeness (QED) is 0.530. The van der Waals surface area contributed by atoms with Crippen LogP contribution in [-0.2, 0) is 0 Å². The molecular weight excluding hydrogens is 182 g/mol. The molecule has 15 heavy (non-hydrogen) atoms. The summed E-state index contributed by atoms with van der Waals surface area (Å²) in [6, 6.07) is 0.399. The second-order valence-electron chi connectivity index (χ2n) is 4.67. The van der Waals surface area contributed by atoms with Gasteiger partial charge in [0.1, 0.15) is 0 Å². The van der Waals surface area contributed by atoms with Gasteiger partial charge in [-0.3, -0.25) is 4.99 Å². The molecule has 0 amide bonds. The van der Waals surface area contributed by atoms with Gasteiger partial charge in [0, 0.05) is 12.6 Å². The second-order valence-corrected chi connectivity index (χ2v) is 4.67. The highest BCUT2D eigenvalue weighted by Gasteiger charge is 2.28. The van der Waals surface area contributed by atoms with Crippen molar-refractivity contribution in [1.29, 1.82) is 0 Å². The Bertz CT molecular complexity index is 371. The average Bonchev–Trinajstić information content (AvgIpc) is 2.48. The van der Waals surface area contributed by atoms with E-state index in [1.54, 1.807) is 11.1 Å². The Morgan fingerprint density at radius 1 is 1.33 bits per heavy atom. The van der Waals surface area contributed by atoms with Crippen LogP contribution in [0.2, 0.25) is 0 Å². The maximum atomic E-state index is 4.70. The lowest BCUT2D eigenvalue weighted by Crippen LogP contribution is -2.19. The van der Waals surface area contributed by atoms with E-state index in [1.807, 2.05) is 0 Å². The van der Waals surface area contributed by atoms with Crippen LogP contribution in [0.5, 0.6) is 0 Å². The van der Waals surface area contributed by atoms with Crippen molar-refractivity contribution in [3.63, 3.8) is 0 Å². The highest BCUT2D eigenvalue weighted by atomic mass is 14.8. The van der Waals surface area contributed by atoms with Gasteiger partial charge in [0.2, 0.25) is 0 Å². The summed E-state index contributed by atoms with van der Waals surface area (Å²) in [5, 5.41) is 0. The molecule has 2 unspecified atom stereocenters. The van der Waals surface area contributed by atoms with E-state index in [4.69, 9.17) is 4.99 Å². The topological polar surface area (TPSA) is 12.4 Å². The molecule has 2 atom stereocenters. The summed E-state index contributed by atoms with van der Waals surface area (Å²) < 4.78 is 0. The maximum Gasteiger partial charge on any atom is 0.0921 e. The van der Waals surface area contributed by atoms with E-state index >= 15 is 0 Å². The van der Waals surface area contributed by atoms with Crippen molar-refractivity contribution in [2.24, 2.45) is 10.9 Å². The first kappa shape index (κ1) is 9.14. The molecule has 0 N–H and O–H groups in total. The minimum atomic E-state index is 0.399. The Labute approximate surface area is 91.3 Å². The first-order valence-electron chi connectivity index (χ1n) is 6.02. The van der Waals surface area contributed by atoms with Crippen LogP contribution in [0.1, 0.15) is 32.1 Å². The first-order chi connectivity index (χ1) is 7.45. The molecule has 0 radical (unpaired) electrons. The molecule has 1 fully saturated rings. The number of fused-ring (bicyclic) bond motifs is 3. The molecule has 2 aliphatic carbocycles. The van der Waals surface area contributed by atoms with Gasteiger partial charge in [-0.15, -0.1) is 0 Å². The fourth-order valence-corrected chi connectivity index (χ4v) is 2.96. The summed E-state index contributed by atoms with van der Waals surface area (Å²) in [6.45, 7) is 0. The fraction of sp³-hybridized carbons (Fsp3) is 0.500. The van der Waals surface area contributed by atoms with Gasteiger partial charge in [0.05, 0.1) is 6.04 Å². The Balaban J connectivity index is 1.99. The molecular formula is C14H17N. The van der Waals surface area contributed by atoms with E-state index < -0.39 is 0 Å². The molecule has 0 saturated heterocycles. The zero-order valence-electron chi connectivity index (χ0n) is 9.02. The molecule has 1 saturated carbocycles. The molecule has 1 aliphatic heterocycles. The van der Waals surface area contributed by atoms with Gasteiger partial charge in [0.15, 0.2) is 0 Å². The summed E-state index contributed by atoms with van der Waals surface area (Å²) >= 11 is 0. The van der Waals surface area contributed by atoms with Crippen LogP contribution in [0.3, 0.4) is 0 Å². The van der Waals surface area contributed by atoms with E-state index in [2.05, 4.69) is 30.5 Å². The third-order valence-corrected chi connectivity index (χ3v) is 3.74. The monoisotopic (exact) mass is 199 g/mol. The summed E-state index contributed by atoms with van der Waals surface area (Å²) in [5.41, 5.74) is 3.14. The van der Waals surface area contributed by atoms with Gasteiger partial charge in [-0.1, -0.05) is 24.3 Å². The van der Waals surface area contributed by atoms with Crippen molar-refractivity contribution < 1.29 is 0 Å². The summed E-state index contributed by atoms with van der Waals surface area (Å²) in [6.07, 6.45) is 17.5. The number of nitrogens with zero attached hydrogens (tertiary/aromatic N) is 1. The summed E-state index contributed by atoms with van der Waals surface area (Å²) in [5.74, 6) is 0.765. The molecule has 78 valence electrons. The number of hydrogen-bond donors (Lipinski definition) is 0. The van der Waals surface area contributed by atoms with Gasteiger partial charge in [-0.25, -0.2) is 0 Å². The van der Waals surface area contributed by atoms with Crippen LogP contribution < -0.4 is 0 Å². The molecule has 0 aromatic carbocycles. The summed E-state index contributed by atoms with van der Waals surface area (Å²) in [7, 11) is 0. The highest BCUT2D eigenvalue weighted by Crippen LogP contribution is 2.38. The second kappa shape index (κ2) is 3.80. The number of allylic oxidation sites excluding steroid dienone is 4. The van der Waals surface area contributed by atoms with Crippen LogP contribution in [0.25, 0.3) is 0 Å². The molecule has 0 spiro atoms. The van der Waals surface area contributed by atoms with E-state index in [-0.39, 0.29) is 0 Å². The zero-order valence-corrected chi connectivity index (χ0v) is 9.02. The highest BCUT2D eigenvalue weighted by molar-refractivity contribution is 5.64. The van der Waals surface area contributed by atoms with Gasteiger partial charge < -0.3 is 0 Å². The van der Waals surface area contributed by atoms with Gasteiger partial charge in [-0.2, -0.15) is 0 Å². The minimum absolute atomic E-state index is 0.399. The third kappa shape index (κ3) is 1.60. The molecule has 3 rings (SSSR count). The largest absolute Gasteiger partial charge is 0.285 e. The van der Waals surface area contributed by atoms with Gasteiger partial charge in [-0.05, 0) is 42.7 Å². The van der Waals surface area contributed by atoms with Gasteiger partial charge >= 0.3 is 0 Å². The summed E-state index contributed by atoms with van der Waals surface area (Å²) in [4.78, 5) is 4.70. The van der Waals surface area contributed by atoms with Crippen LogP contribution in [-0.4, -0.2) is 12.3 Å². The Kier molecular flexibility index (Phi) is 2.32.